The fraction of sp³-hybridized carbons (Fsp3) is 0.333. The number of rotatable bonds is 3. The Balaban J connectivity index is 3.02. The lowest BCUT2D eigenvalue weighted by molar-refractivity contribution is -0.0756. The fourth-order valence-corrected chi connectivity index (χ4v) is 2.01. The van der Waals surface area contributed by atoms with Crippen LogP contribution in [0.2, 0.25) is 0 Å². The minimum atomic E-state index is -1.20. The highest BCUT2D eigenvalue weighted by Gasteiger charge is 2.19. The van der Waals surface area contributed by atoms with Crippen LogP contribution in [0, 0.1) is 6.92 Å². The third kappa shape index (κ3) is 2.71. The lowest BCUT2D eigenvalue weighted by Gasteiger charge is -2.13. The molecule has 0 aliphatic rings. The zero-order chi connectivity index (χ0) is 12.3. The Kier molecular flexibility index (Phi) is 3.86. The van der Waals surface area contributed by atoms with Gasteiger partial charge >= 0.3 is 6.09 Å². The molecular weight excluding hydrogens is 232 g/mol. The van der Waals surface area contributed by atoms with E-state index in [1.807, 2.05) is 0 Å². The molecule has 0 unspecified atom stereocenters. The summed E-state index contributed by atoms with van der Waals surface area (Å²) < 4.78 is 0. The second-order valence-corrected chi connectivity index (χ2v) is 4.27. The number of hydrogen-bond donors (Lipinski definition) is 2. The van der Waals surface area contributed by atoms with Crippen molar-refractivity contribution in [1.29, 1.82) is 0 Å². The molecule has 16 heavy (non-hydrogen) atoms. The normalized spacial score (nSPS) is 9.94. The minimum absolute atomic E-state index is 0.286. The van der Waals surface area contributed by atoms with Gasteiger partial charge in [0, 0.05) is 11.9 Å². The summed E-state index contributed by atoms with van der Waals surface area (Å²) in [5.41, 5.74) is 0.286. The molecule has 2 amide bonds. The van der Waals surface area contributed by atoms with Crippen LogP contribution in [0.1, 0.15) is 15.2 Å². The number of carbonyl (C=O) groups is 2. The van der Waals surface area contributed by atoms with Crippen LogP contribution in [-0.4, -0.2) is 36.3 Å². The second-order valence-electron chi connectivity index (χ2n) is 3.02. The van der Waals surface area contributed by atoms with Crippen molar-refractivity contribution in [2.24, 2.45) is 0 Å². The van der Waals surface area contributed by atoms with E-state index in [9.17, 15) is 9.59 Å². The summed E-state index contributed by atoms with van der Waals surface area (Å²) in [5.74, 6) is -0.393. The molecule has 0 fully saturated rings. The van der Waals surface area contributed by atoms with Crippen molar-refractivity contribution in [3.8, 4) is 0 Å². The maximum atomic E-state index is 11.8. The van der Waals surface area contributed by atoms with Crippen LogP contribution in [0.25, 0.3) is 0 Å². The van der Waals surface area contributed by atoms with Crippen molar-refractivity contribution in [2.75, 3.05) is 19.5 Å². The van der Waals surface area contributed by atoms with Crippen LogP contribution in [-0.2, 0) is 4.84 Å². The van der Waals surface area contributed by atoms with E-state index < -0.39 is 12.0 Å². The SMILES string of the molecule is CON(C)C(=O)c1cc(C)sc1NC(=O)O. The van der Waals surface area contributed by atoms with Gasteiger partial charge in [0.1, 0.15) is 5.00 Å². The molecule has 2 N–H and O–H groups in total. The molecule has 0 aliphatic heterocycles. The van der Waals surface area contributed by atoms with Crippen LogP contribution in [0.5, 0.6) is 0 Å². The molecule has 0 saturated carbocycles. The van der Waals surface area contributed by atoms with Gasteiger partial charge in [-0.3, -0.25) is 14.9 Å². The quantitative estimate of drug-likeness (QED) is 0.794. The summed E-state index contributed by atoms with van der Waals surface area (Å²) in [4.78, 5) is 27.9. The largest absolute Gasteiger partial charge is 0.465 e. The monoisotopic (exact) mass is 244 g/mol. The summed E-state index contributed by atoms with van der Waals surface area (Å²) >= 11 is 1.20. The molecule has 7 heteroatoms. The van der Waals surface area contributed by atoms with Crippen LogP contribution in [0.3, 0.4) is 0 Å². The molecule has 1 aromatic rings. The summed E-state index contributed by atoms with van der Waals surface area (Å²) in [5, 5.41) is 12.1. The Labute approximate surface area is 96.4 Å². The Morgan fingerprint density at radius 3 is 2.69 bits per heavy atom. The van der Waals surface area contributed by atoms with E-state index in [1.54, 1.807) is 13.0 Å². The van der Waals surface area contributed by atoms with E-state index in [4.69, 9.17) is 9.94 Å². The van der Waals surface area contributed by atoms with Gasteiger partial charge in [0.25, 0.3) is 5.91 Å². The highest BCUT2D eigenvalue weighted by molar-refractivity contribution is 7.16. The molecule has 0 atom stereocenters. The molecule has 1 rings (SSSR count). The highest BCUT2D eigenvalue weighted by Crippen LogP contribution is 2.28. The minimum Gasteiger partial charge on any atom is -0.465 e. The van der Waals surface area contributed by atoms with Crippen LogP contribution in [0.15, 0.2) is 6.07 Å². The predicted octanol–water partition coefficient (Wildman–Crippen LogP) is 1.78. The van der Waals surface area contributed by atoms with Crippen molar-refractivity contribution < 1.29 is 19.5 Å². The first-order valence-corrected chi connectivity index (χ1v) is 5.20. The van der Waals surface area contributed by atoms with Crippen molar-refractivity contribution in [2.45, 2.75) is 6.92 Å². The van der Waals surface area contributed by atoms with Gasteiger partial charge in [0.05, 0.1) is 12.7 Å². The maximum absolute atomic E-state index is 11.8. The lowest BCUT2D eigenvalue weighted by atomic mass is 10.2. The zero-order valence-corrected chi connectivity index (χ0v) is 9.92. The third-order valence-electron chi connectivity index (χ3n) is 1.87. The summed E-state index contributed by atoms with van der Waals surface area (Å²) in [6.07, 6.45) is -1.20. The summed E-state index contributed by atoms with van der Waals surface area (Å²) in [6.45, 7) is 1.79. The molecular formula is C9H12N2O4S. The average molecular weight is 244 g/mol. The topological polar surface area (TPSA) is 78.9 Å². The second kappa shape index (κ2) is 4.95. The molecule has 0 spiro atoms. The Morgan fingerprint density at radius 2 is 2.19 bits per heavy atom. The van der Waals surface area contributed by atoms with Crippen LogP contribution < -0.4 is 5.32 Å². The molecule has 0 radical (unpaired) electrons. The van der Waals surface area contributed by atoms with E-state index in [0.717, 1.165) is 9.94 Å². The summed E-state index contributed by atoms with van der Waals surface area (Å²) in [6, 6.07) is 1.62. The van der Waals surface area contributed by atoms with Gasteiger partial charge in [-0.05, 0) is 13.0 Å². The van der Waals surface area contributed by atoms with E-state index in [-0.39, 0.29) is 5.56 Å². The van der Waals surface area contributed by atoms with Crippen LogP contribution in [0.4, 0.5) is 9.80 Å². The van der Waals surface area contributed by atoms with Crippen molar-refractivity contribution >= 4 is 28.3 Å². The van der Waals surface area contributed by atoms with Crippen molar-refractivity contribution in [3.05, 3.63) is 16.5 Å². The van der Waals surface area contributed by atoms with Crippen LogP contribution >= 0.6 is 11.3 Å². The number of carbonyl (C=O) groups excluding carboxylic acids is 1. The first-order chi connectivity index (χ1) is 7.45. The third-order valence-corrected chi connectivity index (χ3v) is 2.83. The molecule has 0 saturated heterocycles. The Bertz CT molecular complexity index is 416. The standard InChI is InChI=1S/C9H12N2O4S/c1-5-4-6(8(12)11(2)15-3)7(16-5)10-9(13)14/h4,10H,1-3H3,(H,13,14). The lowest BCUT2D eigenvalue weighted by Crippen LogP contribution is -2.26. The molecule has 88 valence electrons. The number of amides is 2. The molecule has 6 nitrogen and oxygen atoms in total. The van der Waals surface area contributed by atoms with E-state index in [0.29, 0.717) is 5.00 Å². The van der Waals surface area contributed by atoms with Gasteiger partial charge in [-0.15, -0.1) is 11.3 Å². The van der Waals surface area contributed by atoms with E-state index in [1.165, 1.54) is 25.5 Å². The number of thiophene rings is 1. The van der Waals surface area contributed by atoms with Crippen molar-refractivity contribution in [1.82, 2.24) is 5.06 Å². The number of anilines is 1. The molecule has 1 aromatic heterocycles. The van der Waals surface area contributed by atoms with Gasteiger partial charge in [0.2, 0.25) is 0 Å². The maximum Gasteiger partial charge on any atom is 0.409 e. The first-order valence-electron chi connectivity index (χ1n) is 4.38. The predicted molar refractivity (Wildman–Crippen MR) is 59.8 cm³/mol. The Hall–Kier alpha value is -1.60. The van der Waals surface area contributed by atoms with Crippen molar-refractivity contribution in [3.63, 3.8) is 0 Å². The number of nitrogens with zero attached hydrogens (tertiary/aromatic N) is 1. The number of aryl methyl sites for hydroxylation is 1. The van der Waals surface area contributed by atoms with E-state index >= 15 is 0 Å². The number of hydrogen-bond acceptors (Lipinski definition) is 4. The zero-order valence-electron chi connectivity index (χ0n) is 9.10. The number of carboxylic acid groups (broad SMARTS) is 1. The number of nitrogens with one attached hydrogen (secondary N) is 1. The van der Waals surface area contributed by atoms with Gasteiger partial charge in [0.15, 0.2) is 0 Å². The van der Waals surface area contributed by atoms with Gasteiger partial charge in [-0.2, -0.15) is 0 Å². The smallest absolute Gasteiger partial charge is 0.409 e. The molecule has 1 heterocycles. The van der Waals surface area contributed by atoms with Gasteiger partial charge < -0.3 is 5.11 Å². The van der Waals surface area contributed by atoms with E-state index in [2.05, 4.69) is 5.32 Å². The summed E-state index contributed by atoms with van der Waals surface area (Å²) in [7, 11) is 2.82. The molecule has 0 aliphatic carbocycles. The van der Waals surface area contributed by atoms with Gasteiger partial charge in [-0.1, -0.05) is 0 Å². The molecule has 0 aromatic carbocycles. The number of hydroxylamine groups is 2. The first kappa shape index (κ1) is 12.5. The fourth-order valence-electron chi connectivity index (χ4n) is 1.12. The molecule has 0 bridgehead atoms. The Morgan fingerprint density at radius 1 is 1.56 bits per heavy atom. The highest BCUT2D eigenvalue weighted by atomic mass is 32.1. The van der Waals surface area contributed by atoms with Gasteiger partial charge in [-0.25, -0.2) is 9.86 Å². The average Bonchev–Trinajstić information content (AvgIpc) is 2.56.